The van der Waals surface area contributed by atoms with E-state index in [4.69, 9.17) is 0 Å². The Labute approximate surface area is 140 Å². The van der Waals surface area contributed by atoms with Crippen LogP contribution in [0.2, 0.25) is 0 Å². The van der Waals surface area contributed by atoms with E-state index in [2.05, 4.69) is 49.1 Å². The van der Waals surface area contributed by atoms with E-state index >= 15 is 0 Å². The SMILES string of the molecule is CCN(CC)CC(O)Cc1cc2c(c3ccccc13)CCCC2. The van der Waals surface area contributed by atoms with Gasteiger partial charge in [-0.3, -0.25) is 0 Å². The maximum atomic E-state index is 10.6. The number of benzene rings is 2. The highest BCUT2D eigenvalue weighted by molar-refractivity contribution is 5.90. The molecule has 3 rings (SSSR count). The summed E-state index contributed by atoms with van der Waals surface area (Å²) in [5.74, 6) is 0. The zero-order valence-corrected chi connectivity index (χ0v) is 14.5. The summed E-state index contributed by atoms with van der Waals surface area (Å²) >= 11 is 0. The van der Waals surface area contributed by atoms with Crippen LogP contribution in [0.15, 0.2) is 30.3 Å². The van der Waals surface area contributed by atoms with Crippen LogP contribution in [0.3, 0.4) is 0 Å². The predicted molar refractivity (Wildman–Crippen MR) is 98.1 cm³/mol. The molecule has 1 aliphatic carbocycles. The molecule has 1 N–H and O–H groups in total. The van der Waals surface area contributed by atoms with Crippen molar-refractivity contribution in [1.29, 1.82) is 0 Å². The number of aliphatic hydroxyl groups is 1. The Morgan fingerprint density at radius 1 is 1.04 bits per heavy atom. The number of hydrogen-bond acceptors (Lipinski definition) is 2. The van der Waals surface area contributed by atoms with Gasteiger partial charge in [-0.05, 0) is 66.2 Å². The summed E-state index contributed by atoms with van der Waals surface area (Å²) < 4.78 is 0. The maximum Gasteiger partial charge on any atom is 0.0707 e. The predicted octanol–water partition coefficient (Wildman–Crippen LogP) is 3.96. The monoisotopic (exact) mass is 311 g/mol. The summed E-state index contributed by atoms with van der Waals surface area (Å²) in [4.78, 5) is 2.30. The Morgan fingerprint density at radius 3 is 2.48 bits per heavy atom. The van der Waals surface area contributed by atoms with Crippen molar-refractivity contribution in [2.45, 2.75) is 52.1 Å². The van der Waals surface area contributed by atoms with Crippen molar-refractivity contribution < 1.29 is 5.11 Å². The van der Waals surface area contributed by atoms with Gasteiger partial charge in [0.1, 0.15) is 0 Å². The first-order chi connectivity index (χ1) is 11.2. The number of rotatable bonds is 6. The fraction of sp³-hybridized carbons (Fsp3) is 0.524. The Morgan fingerprint density at radius 2 is 1.74 bits per heavy atom. The van der Waals surface area contributed by atoms with E-state index < -0.39 is 0 Å². The molecule has 1 aliphatic rings. The van der Waals surface area contributed by atoms with Gasteiger partial charge in [-0.2, -0.15) is 0 Å². The number of aliphatic hydroxyl groups excluding tert-OH is 1. The Bertz CT molecular complexity index is 660. The standard InChI is InChI=1S/C21H29NO/c1-3-22(4-2)15-18(23)14-17-13-16-9-5-6-10-19(16)21-12-8-7-11-20(17)21/h7-8,11-13,18,23H,3-6,9-10,14-15H2,1-2H3. The molecule has 2 heteroatoms. The molecule has 124 valence electrons. The molecule has 0 saturated carbocycles. The summed E-state index contributed by atoms with van der Waals surface area (Å²) in [5.41, 5.74) is 4.38. The number of likely N-dealkylation sites (N-methyl/N-ethyl adjacent to an activating group) is 1. The van der Waals surface area contributed by atoms with Crippen molar-refractivity contribution >= 4 is 10.8 Å². The lowest BCUT2D eigenvalue weighted by Crippen LogP contribution is -2.33. The minimum Gasteiger partial charge on any atom is -0.391 e. The van der Waals surface area contributed by atoms with Crippen LogP contribution in [0.1, 0.15) is 43.4 Å². The molecule has 0 radical (unpaired) electrons. The lowest BCUT2D eigenvalue weighted by Gasteiger charge is -2.24. The third-order valence-corrected chi connectivity index (χ3v) is 5.28. The molecule has 0 aromatic heterocycles. The van der Waals surface area contributed by atoms with Crippen LogP contribution >= 0.6 is 0 Å². The van der Waals surface area contributed by atoms with Crippen LogP contribution in [-0.2, 0) is 19.3 Å². The molecule has 2 nitrogen and oxygen atoms in total. The zero-order valence-electron chi connectivity index (χ0n) is 14.5. The van der Waals surface area contributed by atoms with Crippen LogP contribution in [0.5, 0.6) is 0 Å². The normalized spacial score (nSPS) is 15.8. The quantitative estimate of drug-likeness (QED) is 0.873. The van der Waals surface area contributed by atoms with Crippen molar-refractivity contribution in [3.05, 3.63) is 47.0 Å². The number of aryl methyl sites for hydroxylation is 2. The van der Waals surface area contributed by atoms with Crippen LogP contribution in [0.25, 0.3) is 10.8 Å². The zero-order chi connectivity index (χ0) is 16.2. The van der Waals surface area contributed by atoms with Gasteiger partial charge >= 0.3 is 0 Å². The van der Waals surface area contributed by atoms with Gasteiger partial charge < -0.3 is 10.0 Å². The van der Waals surface area contributed by atoms with E-state index in [0.717, 1.165) is 26.1 Å². The minimum atomic E-state index is -0.292. The first kappa shape index (κ1) is 16.5. The molecule has 0 amide bonds. The molecule has 0 fully saturated rings. The smallest absolute Gasteiger partial charge is 0.0707 e. The van der Waals surface area contributed by atoms with E-state index in [-0.39, 0.29) is 6.10 Å². The Hall–Kier alpha value is -1.38. The fourth-order valence-corrected chi connectivity index (χ4v) is 3.98. The Balaban J connectivity index is 1.91. The molecule has 0 heterocycles. The second-order valence-electron chi connectivity index (χ2n) is 6.77. The summed E-state index contributed by atoms with van der Waals surface area (Å²) in [6, 6.07) is 11.1. The molecule has 1 atom stereocenters. The fourth-order valence-electron chi connectivity index (χ4n) is 3.98. The largest absolute Gasteiger partial charge is 0.391 e. The third-order valence-electron chi connectivity index (χ3n) is 5.28. The summed E-state index contributed by atoms with van der Waals surface area (Å²) in [6.07, 6.45) is 5.47. The highest BCUT2D eigenvalue weighted by atomic mass is 16.3. The topological polar surface area (TPSA) is 23.5 Å². The highest BCUT2D eigenvalue weighted by Gasteiger charge is 2.17. The van der Waals surface area contributed by atoms with Gasteiger partial charge in [0.15, 0.2) is 0 Å². The molecule has 23 heavy (non-hydrogen) atoms. The van der Waals surface area contributed by atoms with Crippen molar-refractivity contribution in [3.63, 3.8) is 0 Å². The van der Waals surface area contributed by atoms with E-state index in [0.29, 0.717) is 0 Å². The second-order valence-corrected chi connectivity index (χ2v) is 6.77. The van der Waals surface area contributed by atoms with Crippen LogP contribution in [-0.4, -0.2) is 35.7 Å². The molecule has 2 aromatic carbocycles. The van der Waals surface area contributed by atoms with Gasteiger partial charge in [0.25, 0.3) is 0 Å². The average Bonchev–Trinajstić information content (AvgIpc) is 2.60. The van der Waals surface area contributed by atoms with E-state index in [1.807, 2.05) is 0 Å². The molecule has 0 saturated heterocycles. The van der Waals surface area contributed by atoms with Crippen molar-refractivity contribution in [3.8, 4) is 0 Å². The first-order valence-corrected chi connectivity index (χ1v) is 9.15. The lowest BCUT2D eigenvalue weighted by molar-refractivity contribution is 0.118. The second kappa shape index (κ2) is 7.46. The van der Waals surface area contributed by atoms with E-state index in [1.54, 1.807) is 5.56 Å². The number of hydrogen-bond donors (Lipinski definition) is 1. The van der Waals surface area contributed by atoms with Crippen LogP contribution in [0, 0.1) is 0 Å². The van der Waals surface area contributed by atoms with Gasteiger partial charge in [0, 0.05) is 13.0 Å². The van der Waals surface area contributed by atoms with Crippen molar-refractivity contribution in [2.24, 2.45) is 0 Å². The number of nitrogens with zero attached hydrogens (tertiary/aromatic N) is 1. The molecule has 2 aromatic rings. The Kier molecular flexibility index (Phi) is 5.34. The average molecular weight is 311 g/mol. The lowest BCUT2D eigenvalue weighted by atomic mass is 9.84. The van der Waals surface area contributed by atoms with Crippen LogP contribution in [0.4, 0.5) is 0 Å². The van der Waals surface area contributed by atoms with Gasteiger partial charge in [-0.15, -0.1) is 0 Å². The summed E-state index contributed by atoms with van der Waals surface area (Å²) in [6.45, 7) is 7.07. The maximum absolute atomic E-state index is 10.6. The van der Waals surface area contributed by atoms with Crippen LogP contribution < -0.4 is 0 Å². The summed E-state index contributed by atoms with van der Waals surface area (Å²) in [5, 5.41) is 13.3. The van der Waals surface area contributed by atoms with Gasteiger partial charge in [-0.25, -0.2) is 0 Å². The summed E-state index contributed by atoms with van der Waals surface area (Å²) in [7, 11) is 0. The molecular weight excluding hydrogens is 282 g/mol. The molecule has 0 bridgehead atoms. The van der Waals surface area contributed by atoms with E-state index in [1.165, 1.54) is 47.6 Å². The van der Waals surface area contributed by atoms with E-state index in [9.17, 15) is 5.11 Å². The number of fused-ring (bicyclic) bond motifs is 3. The van der Waals surface area contributed by atoms with Crippen molar-refractivity contribution in [1.82, 2.24) is 4.90 Å². The molecule has 1 unspecified atom stereocenters. The van der Waals surface area contributed by atoms with Gasteiger partial charge in [0.2, 0.25) is 0 Å². The molecule has 0 spiro atoms. The highest BCUT2D eigenvalue weighted by Crippen LogP contribution is 2.32. The van der Waals surface area contributed by atoms with Gasteiger partial charge in [0.05, 0.1) is 6.10 Å². The van der Waals surface area contributed by atoms with Gasteiger partial charge in [-0.1, -0.05) is 44.2 Å². The minimum absolute atomic E-state index is 0.292. The molecule has 0 aliphatic heterocycles. The first-order valence-electron chi connectivity index (χ1n) is 9.15. The third kappa shape index (κ3) is 3.59. The molecular formula is C21H29NO. The van der Waals surface area contributed by atoms with Crippen molar-refractivity contribution in [2.75, 3.05) is 19.6 Å².